The van der Waals surface area contributed by atoms with Crippen LogP contribution in [0.1, 0.15) is 10.0 Å². The average molecular weight is 594 g/mol. The Balaban J connectivity index is 0.000000227. The van der Waals surface area contributed by atoms with Crippen molar-refractivity contribution in [2.24, 2.45) is 0 Å². The summed E-state index contributed by atoms with van der Waals surface area (Å²) in [6, 6.07) is 12.3. The minimum absolute atomic E-state index is 0. The van der Waals surface area contributed by atoms with Crippen LogP contribution in [0.15, 0.2) is 48.5 Å². The molecule has 0 aliphatic heterocycles. The van der Waals surface area contributed by atoms with Gasteiger partial charge in [-0.25, -0.2) is 26.8 Å². The van der Waals surface area contributed by atoms with E-state index < -0.39 is 40.8 Å². The van der Waals surface area contributed by atoms with Crippen molar-refractivity contribution in [1.29, 1.82) is 0 Å². The van der Waals surface area contributed by atoms with E-state index in [0.717, 1.165) is 0 Å². The molecule has 0 amide bonds. The number of thiazole rings is 2. The van der Waals surface area contributed by atoms with E-state index in [1.807, 2.05) is 0 Å². The number of benzene rings is 2. The molecule has 0 radical (unpaired) electrons. The van der Waals surface area contributed by atoms with Crippen LogP contribution in [-0.2, 0) is 50.2 Å². The van der Waals surface area contributed by atoms with Crippen LogP contribution in [0.25, 0.3) is 20.4 Å². The molecule has 0 fully saturated rings. The fourth-order valence-corrected chi connectivity index (χ4v) is 5.26. The molecule has 0 spiro atoms. The fraction of sp³-hybridized carbons (Fsp3) is 0.125. The molecule has 8 nitrogen and oxygen atoms in total. The van der Waals surface area contributed by atoms with Crippen LogP contribution in [0.5, 0.6) is 0 Å². The zero-order chi connectivity index (χ0) is 23.9. The van der Waals surface area contributed by atoms with Crippen LogP contribution in [-0.4, -0.2) is 35.9 Å². The van der Waals surface area contributed by atoms with Gasteiger partial charge in [0.15, 0.2) is 30.3 Å². The van der Waals surface area contributed by atoms with E-state index in [-0.39, 0.29) is 30.5 Å². The molecule has 17 heteroatoms. The monoisotopic (exact) mass is 592 g/mol. The summed E-state index contributed by atoms with van der Waals surface area (Å²) >= 11 is 0.982. The fourth-order valence-electron chi connectivity index (χ4n) is 2.21. The van der Waals surface area contributed by atoms with Gasteiger partial charge in [-0.05, 0) is 24.3 Å². The molecule has 33 heavy (non-hydrogen) atoms. The van der Waals surface area contributed by atoms with Gasteiger partial charge in [-0.3, -0.25) is 0 Å². The summed E-state index contributed by atoms with van der Waals surface area (Å²) in [7, 11) is -11.5. The van der Waals surface area contributed by atoms with Crippen molar-refractivity contribution < 1.29 is 63.0 Å². The molecule has 0 unspecified atom stereocenters. The summed E-state index contributed by atoms with van der Waals surface area (Å²) < 4.78 is 116. The number of hydrogen-bond donors (Lipinski definition) is 0. The van der Waals surface area contributed by atoms with Crippen LogP contribution >= 0.6 is 22.7 Å². The van der Waals surface area contributed by atoms with Crippen LogP contribution in [0, 0.1) is 0 Å². The minimum Gasteiger partial charge on any atom is -0.743 e. The number of nitrogens with zero attached hydrogens (tertiary/aromatic N) is 2. The van der Waals surface area contributed by atoms with Crippen LogP contribution in [0.2, 0.25) is 0 Å². The van der Waals surface area contributed by atoms with Crippen LogP contribution in [0.4, 0.5) is 17.6 Å². The van der Waals surface area contributed by atoms with Gasteiger partial charge >= 0.3 is 30.0 Å². The third-order valence-electron chi connectivity index (χ3n) is 3.71. The Hall–Kier alpha value is -1.62. The van der Waals surface area contributed by atoms with Gasteiger partial charge in [0.2, 0.25) is 0 Å². The van der Waals surface area contributed by atoms with Gasteiger partial charge in [-0.15, -0.1) is 22.7 Å². The molecule has 0 aliphatic rings. The third kappa shape index (κ3) is 5.55. The first-order valence-electron chi connectivity index (χ1n) is 8.03. The number of aromatic nitrogens is 2. The summed E-state index contributed by atoms with van der Waals surface area (Å²) in [5.74, 6) is 0. The second kappa shape index (κ2) is 9.56. The van der Waals surface area contributed by atoms with Gasteiger partial charge in [0, 0.05) is 0 Å². The predicted molar refractivity (Wildman–Crippen MR) is 106 cm³/mol. The van der Waals surface area contributed by atoms with Gasteiger partial charge in [-0.1, -0.05) is 24.3 Å². The zero-order valence-electron chi connectivity index (χ0n) is 15.8. The Kier molecular flexibility index (Phi) is 8.00. The quantitative estimate of drug-likeness (QED) is 0.198. The summed E-state index contributed by atoms with van der Waals surface area (Å²) in [5.41, 5.74) is 0.483. The largest absolute Gasteiger partial charge is 2.00 e. The molecule has 4 aromatic rings. The first kappa shape index (κ1) is 27.6. The maximum atomic E-state index is 13.1. The van der Waals surface area contributed by atoms with Gasteiger partial charge in [0.25, 0.3) is 0 Å². The molecule has 2 aromatic heterocycles. The number of fused-ring (bicyclic) bond motifs is 2. The molecule has 0 saturated carbocycles. The molecule has 2 aromatic carbocycles. The van der Waals surface area contributed by atoms with Crippen LogP contribution < -0.4 is 0 Å². The Morgan fingerprint density at radius 1 is 0.667 bits per heavy atom. The molecule has 4 rings (SSSR count). The first-order valence-corrected chi connectivity index (χ1v) is 12.5. The molecular weight excluding hydrogens is 586 g/mol. The average Bonchev–Trinajstić information content (AvgIpc) is 3.31. The second-order valence-corrected chi connectivity index (χ2v) is 10.8. The van der Waals surface area contributed by atoms with E-state index in [9.17, 15) is 43.5 Å². The van der Waals surface area contributed by atoms with Crippen molar-refractivity contribution in [2.45, 2.75) is 10.5 Å². The Morgan fingerprint density at radius 2 is 0.970 bits per heavy atom. The standard InChI is InChI=1S/2C8H5F2NO3S2.Zn/c2*9-8(10,16(12,13)14)7-11-5-3-1-2-4-6(5)15-7;/h2*1-4H,(H,12,13,14);/q;;+2/p-2. The predicted octanol–water partition coefficient (Wildman–Crippen LogP) is 3.78. The normalized spacial score (nSPS) is 12.8. The number of halogens is 4. The van der Waals surface area contributed by atoms with Gasteiger partial charge < -0.3 is 9.11 Å². The van der Waals surface area contributed by atoms with Crippen molar-refractivity contribution in [2.75, 3.05) is 0 Å². The van der Waals surface area contributed by atoms with E-state index in [4.69, 9.17) is 0 Å². The van der Waals surface area contributed by atoms with Crippen molar-refractivity contribution in [3.63, 3.8) is 0 Å². The number of alkyl halides is 4. The summed E-state index contributed by atoms with van der Waals surface area (Å²) in [6.07, 6.45) is 0. The molecule has 0 aliphatic carbocycles. The Labute approximate surface area is 204 Å². The summed E-state index contributed by atoms with van der Waals surface area (Å²) in [4.78, 5) is 6.88. The maximum Gasteiger partial charge on any atom is 2.00 e. The second-order valence-electron chi connectivity index (χ2n) is 5.92. The van der Waals surface area contributed by atoms with Crippen molar-refractivity contribution in [3.05, 3.63) is 58.5 Å². The zero-order valence-corrected chi connectivity index (χ0v) is 22.0. The van der Waals surface area contributed by atoms with E-state index in [2.05, 4.69) is 9.97 Å². The van der Waals surface area contributed by atoms with E-state index in [1.54, 1.807) is 24.3 Å². The van der Waals surface area contributed by atoms with Crippen molar-refractivity contribution in [1.82, 2.24) is 9.97 Å². The summed E-state index contributed by atoms with van der Waals surface area (Å²) in [6.45, 7) is 0. The van der Waals surface area contributed by atoms with Crippen molar-refractivity contribution >= 4 is 63.3 Å². The SMILES string of the molecule is O=S(=O)([O-])C(F)(F)c1nc2ccccc2s1.O=S(=O)([O-])C(F)(F)c1nc2ccccc2s1.[Zn+2]. The van der Waals surface area contributed by atoms with E-state index in [1.165, 1.54) is 24.3 Å². The minimum atomic E-state index is -5.74. The van der Waals surface area contributed by atoms with Gasteiger partial charge in [0.05, 0.1) is 20.4 Å². The molecule has 2 heterocycles. The van der Waals surface area contributed by atoms with Crippen LogP contribution in [0.3, 0.4) is 0 Å². The maximum absolute atomic E-state index is 13.1. The topological polar surface area (TPSA) is 140 Å². The molecule has 172 valence electrons. The Bertz CT molecular complexity index is 1330. The number of hydrogen-bond acceptors (Lipinski definition) is 10. The van der Waals surface area contributed by atoms with Gasteiger partial charge in [0.1, 0.15) is 0 Å². The third-order valence-corrected chi connectivity index (χ3v) is 7.83. The van der Waals surface area contributed by atoms with E-state index >= 15 is 0 Å². The molecule has 0 N–H and O–H groups in total. The first-order chi connectivity index (χ1) is 14.6. The summed E-state index contributed by atoms with van der Waals surface area (Å²) in [5, 5.41) is -10.9. The molecule has 0 atom stereocenters. The number of para-hydroxylation sites is 2. The Morgan fingerprint density at radius 3 is 1.24 bits per heavy atom. The van der Waals surface area contributed by atoms with E-state index in [0.29, 0.717) is 32.1 Å². The van der Waals surface area contributed by atoms with Gasteiger partial charge in [-0.2, -0.15) is 17.6 Å². The molecule has 0 saturated heterocycles. The molecular formula is C16H8F4N2O6S4Zn. The molecule has 0 bridgehead atoms. The smallest absolute Gasteiger partial charge is 0.743 e. The van der Waals surface area contributed by atoms with Crippen molar-refractivity contribution in [3.8, 4) is 0 Å². The number of rotatable bonds is 4.